The van der Waals surface area contributed by atoms with Gasteiger partial charge in [-0.15, -0.1) is 0 Å². The summed E-state index contributed by atoms with van der Waals surface area (Å²) < 4.78 is 10.2. The summed E-state index contributed by atoms with van der Waals surface area (Å²) in [5, 5.41) is 0.769. The first-order valence-electron chi connectivity index (χ1n) is 1.71. The predicted molar refractivity (Wildman–Crippen MR) is 28.3 cm³/mol. The van der Waals surface area contributed by atoms with E-state index in [0.29, 0.717) is 0 Å². The lowest BCUT2D eigenvalue weighted by Gasteiger charge is -1.64. The molecule has 0 bridgehead atoms. The van der Waals surface area contributed by atoms with Crippen molar-refractivity contribution in [1.29, 1.82) is 0 Å². The van der Waals surface area contributed by atoms with Crippen molar-refractivity contribution in [1.82, 2.24) is 0 Å². The van der Waals surface area contributed by atoms with Crippen molar-refractivity contribution in [2.75, 3.05) is 6.66 Å². The average Bonchev–Trinajstić information content (AvgIpc) is 1.36. The highest BCUT2D eigenvalue weighted by Crippen LogP contribution is 2.23. The second-order valence-corrected chi connectivity index (χ2v) is 2.99. The number of hydrogen-bond donors (Lipinski definition) is 0. The van der Waals surface area contributed by atoms with E-state index in [-0.39, 0.29) is 0 Å². The predicted octanol–water partition coefficient (Wildman–Crippen LogP) is 1.98. The van der Waals surface area contributed by atoms with Gasteiger partial charge in [0.2, 0.25) is 0 Å². The minimum atomic E-state index is -1.10. The van der Waals surface area contributed by atoms with Crippen LogP contribution in [0.3, 0.4) is 0 Å². The topological polar surface area (TPSA) is 17.1 Å². The van der Waals surface area contributed by atoms with E-state index < -0.39 is 7.80 Å². The van der Waals surface area contributed by atoms with Gasteiger partial charge >= 0.3 is 7.80 Å². The van der Waals surface area contributed by atoms with Gasteiger partial charge in [0.25, 0.3) is 0 Å². The molecule has 0 heterocycles. The lowest BCUT2D eigenvalue weighted by atomic mass is 10.8. The molecular formula is C4H8OP+. The summed E-state index contributed by atoms with van der Waals surface area (Å²) >= 11 is 0. The summed E-state index contributed by atoms with van der Waals surface area (Å²) in [5.74, 6) is 0. The maximum atomic E-state index is 10.2. The third kappa shape index (κ3) is 2.10. The standard InChI is InChI=1S/C4H8OP/c1-4(2)6(3)5/h1H2,2-3H3/q+1. The monoisotopic (exact) mass is 103 g/mol. The molecule has 0 aromatic rings. The Balaban J connectivity index is 3.57. The fourth-order valence-corrected chi connectivity index (χ4v) is 0. The summed E-state index contributed by atoms with van der Waals surface area (Å²) in [6.07, 6.45) is 0. The van der Waals surface area contributed by atoms with Crippen molar-refractivity contribution in [3.8, 4) is 0 Å². The van der Waals surface area contributed by atoms with E-state index in [4.69, 9.17) is 0 Å². The van der Waals surface area contributed by atoms with E-state index in [1.807, 2.05) is 0 Å². The zero-order chi connectivity index (χ0) is 5.15. The molecule has 0 saturated heterocycles. The third-order valence-electron chi connectivity index (χ3n) is 0.538. The molecule has 0 spiro atoms. The van der Waals surface area contributed by atoms with Crippen LogP contribution in [0.15, 0.2) is 11.9 Å². The summed E-state index contributed by atoms with van der Waals surface area (Å²) in [6.45, 7) is 6.88. The zero-order valence-corrected chi connectivity index (χ0v) is 4.96. The lowest BCUT2D eigenvalue weighted by Crippen LogP contribution is -1.52. The minimum Gasteiger partial charge on any atom is -0.0688 e. The van der Waals surface area contributed by atoms with Gasteiger partial charge < -0.3 is 0 Å². The molecule has 0 aromatic heterocycles. The zero-order valence-electron chi connectivity index (χ0n) is 4.06. The summed E-state index contributed by atoms with van der Waals surface area (Å²) in [4.78, 5) is 0. The van der Waals surface area contributed by atoms with E-state index in [2.05, 4.69) is 6.58 Å². The van der Waals surface area contributed by atoms with Crippen LogP contribution in [0, 0.1) is 0 Å². The van der Waals surface area contributed by atoms with E-state index >= 15 is 0 Å². The van der Waals surface area contributed by atoms with Crippen molar-refractivity contribution in [2.45, 2.75) is 6.92 Å². The number of rotatable bonds is 1. The van der Waals surface area contributed by atoms with Crippen LogP contribution >= 0.6 is 7.80 Å². The Hall–Kier alpha value is -0.160. The fraction of sp³-hybridized carbons (Fsp3) is 0.500. The Morgan fingerprint density at radius 1 is 1.83 bits per heavy atom. The van der Waals surface area contributed by atoms with Gasteiger partial charge in [-0.2, -0.15) is 0 Å². The Labute approximate surface area is 38.8 Å². The molecule has 0 aliphatic rings. The van der Waals surface area contributed by atoms with E-state index in [1.165, 1.54) is 0 Å². The molecule has 0 aliphatic heterocycles. The van der Waals surface area contributed by atoms with Crippen LogP contribution in [-0.4, -0.2) is 6.66 Å². The Morgan fingerprint density at radius 3 is 2.00 bits per heavy atom. The Kier molecular flexibility index (Phi) is 2.04. The van der Waals surface area contributed by atoms with Crippen molar-refractivity contribution < 1.29 is 4.57 Å². The van der Waals surface area contributed by atoms with Crippen LogP contribution in [0.4, 0.5) is 0 Å². The molecule has 6 heavy (non-hydrogen) atoms. The maximum Gasteiger partial charge on any atom is 0.368 e. The second kappa shape index (κ2) is 2.09. The smallest absolute Gasteiger partial charge is 0.0688 e. The van der Waals surface area contributed by atoms with Crippen molar-refractivity contribution in [3.05, 3.63) is 11.9 Å². The molecule has 0 rings (SSSR count). The van der Waals surface area contributed by atoms with Crippen LogP contribution < -0.4 is 0 Å². The van der Waals surface area contributed by atoms with Gasteiger partial charge in [-0.1, -0.05) is 4.57 Å². The van der Waals surface area contributed by atoms with Crippen LogP contribution in [0.25, 0.3) is 0 Å². The molecule has 0 amide bonds. The molecule has 1 atom stereocenters. The van der Waals surface area contributed by atoms with E-state index in [0.717, 1.165) is 5.31 Å². The molecular weight excluding hydrogens is 95.0 g/mol. The van der Waals surface area contributed by atoms with Gasteiger partial charge in [0, 0.05) is 6.92 Å². The second-order valence-electron chi connectivity index (χ2n) is 1.23. The molecule has 1 nitrogen and oxygen atoms in total. The quantitative estimate of drug-likeness (QED) is 0.464. The largest absolute Gasteiger partial charge is 0.368 e. The lowest BCUT2D eigenvalue weighted by molar-refractivity contribution is 0.594. The first kappa shape index (κ1) is 5.84. The van der Waals surface area contributed by atoms with Gasteiger partial charge in [-0.05, 0) is 6.58 Å². The molecule has 0 N–H and O–H groups in total. The maximum absolute atomic E-state index is 10.2. The van der Waals surface area contributed by atoms with E-state index in [1.54, 1.807) is 13.6 Å². The highest BCUT2D eigenvalue weighted by molar-refractivity contribution is 7.48. The molecule has 34 valence electrons. The Bertz CT molecular complexity index is 73.5. The van der Waals surface area contributed by atoms with Gasteiger partial charge in [0.1, 0.15) is 6.66 Å². The SMILES string of the molecule is C=C(C)[P+](C)=O. The van der Waals surface area contributed by atoms with Gasteiger partial charge in [0.05, 0.1) is 0 Å². The molecule has 0 aromatic carbocycles. The highest BCUT2D eigenvalue weighted by atomic mass is 31.1. The minimum absolute atomic E-state index is 0.769. The van der Waals surface area contributed by atoms with Gasteiger partial charge in [-0.25, -0.2) is 0 Å². The van der Waals surface area contributed by atoms with Crippen LogP contribution in [-0.2, 0) is 4.57 Å². The van der Waals surface area contributed by atoms with Gasteiger partial charge in [-0.3, -0.25) is 0 Å². The molecule has 0 radical (unpaired) electrons. The van der Waals surface area contributed by atoms with Crippen molar-refractivity contribution >= 4 is 7.80 Å². The summed E-state index contributed by atoms with van der Waals surface area (Å²) in [6, 6.07) is 0. The summed E-state index contributed by atoms with van der Waals surface area (Å²) in [7, 11) is -1.10. The first-order chi connectivity index (χ1) is 2.64. The van der Waals surface area contributed by atoms with Crippen LogP contribution in [0.1, 0.15) is 6.92 Å². The first-order valence-corrected chi connectivity index (χ1v) is 3.41. The number of hydrogen-bond acceptors (Lipinski definition) is 1. The molecule has 0 aliphatic carbocycles. The third-order valence-corrected chi connectivity index (χ3v) is 1.61. The van der Waals surface area contributed by atoms with Crippen molar-refractivity contribution in [3.63, 3.8) is 0 Å². The molecule has 1 unspecified atom stereocenters. The molecule has 0 fully saturated rings. The van der Waals surface area contributed by atoms with Gasteiger partial charge in [0.15, 0.2) is 5.31 Å². The van der Waals surface area contributed by atoms with E-state index in [9.17, 15) is 4.57 Å². The number of allylic oxidation sites excluding steroid dienone is 1. The van der Waals surface area contributed by atoms with Crippen molar-refractivity contribution in [2.24, 2.45) is 0 Å². The Morgan fingerprint density at radius 2 is 2.00 bits per heavy atom. The molecule has 2 heteroatoms. The average molecular weight is 103 g/mol. The normalized spacial score (nSPS) is 10.7. The van der Waals surface area contributed by atoms with Crippen LogP contribution in [0.2, 0.25) is 0 Å². The van der Waals surface area contributed by atoms with Crippen LogP contribution in [0.5, 0.6) is 0 Å². The molecule has 0 saturated carbocycles. The fourth-order valence-electron chi connectivity index (χ4n) is 0. The summed E-state index contributed by atoms with van der Waals surface area (Å²) in [5.41, 5.74) is 0. The highest BCUT2D eigenvalue weighted by Gasteiger charge is 2.02.